The van der Waals surface area contributed by atoms with Gasteiger partial charge in [0.2, 0.25) is 0 Å². The quantitative estimate of drug-likeness (QED) is 0.0820. The molecule has 324 valence electrons. The van der Waals surface area contributed by atoms with Crippen LogP contribution in [-0.2, 0) is 9.59 Å². The predicted molar refractivity (Wildman–Crippen MR) is 241 cm³/mol. The fraction of sp³-hybridized carbons (Fsp3) is 0.963. The first kappa shape index (κ1) is 46.4. The Labute approximate surface area is 349 Å². The number of hydrogen-bond acceptors (Lipinski definition) is 2. The maximum Gasteiger partial charge on any atom is 0.139 e. The molecule has 0 aliphatic heterocycles. The summed E-state index contributed by atoms with van der Waals surface area (Å²) >= 11 is 0. The summed E-state index contributed by atoms with van der Waals surface area (Å²) < 4.78 is 0. The van der Waals surface area contributed by atoms with Crippen molar-refractivity contribution in [3.8, 4) is 0 Å². The minimum absolute atomic E-state index is 0.248. The minimum atomic E-state index is 0.248. The van der Waals surface area contributed by atoms with Gasteiger partial charge in [-0.3, -0.25) is 9.59 Å². The maximum absolute atomic E-state index is 15.3. The number of rotatable bonds is 26. The largest absolute Gasteiger partial charge is 0.299 e. The molecule has 0 heterocycles. The summed E-state index contributed by atoms with van der Waals surface area (Å²) in [5.41, 5.74) is 0.628. The molecule has 0 aromatic heterocycles. The van der Waals surface area contributed by atoms with E-state index in [-0.39, 0.29) is 23.7 Å². The maximum atomic E-state index is 15.3. The first-order valence-electron chi connectivity index (χ1n) is 26.1. The van der Waals surface area contributed by atoms with Crippen LogP contribution in [0.4, 0.5) is 0 Å². The van der Waals surface area contributed by atoms with Crippen LogP contribution in [-0.4, -0.2) is 11.6 Å². The van der Waals surface area contributed by atoms with Crippen LogP contribution >= 0.6 is 0 Å². The van der Waals surface area contributed by atoms with Crippen molar-refractivity contribution in [3.63, 3.8) is 0 Å². The van der Waals surface area contributed by atoms with Gasteiger partial charge in [0.15, 0.2) is 0 Å². The van der Waals surface area contributed by atoms with Gasteiger partial charge in [0.25, 0.3) is 0 Å². The smallest absolute Gasteiger partial charge is 0.139 e. The lowest BCUT2D eigenvalue weighted by Crippen LogP contribution is -2.49. The molecular formula is C54H96O2. The van der Waals surface area contributed by atoms with Crippen LogP contribution in [0.1, 0.15) is 248 Å². The van der Waals surface area contributed by atoms with Gasteiger partial charge in [-0.2, -0.15) is 0 Å². The molecular weight excluding hydrogens is 681 g/mol. The third-order valence-electron chi connectivity index (χ3n) is 18.7. The number of Topliss-reactive ketones (excluding diaryl/α,β-unsaturated/α-hetero) is 2. The third-order valence-corrected chi connectivity index (χ3v) is 18.7. The Hall–Kier alpha value is -0.660. The Kier molecular flexibility index (Phi) is 18.4. The van der Waals surface area contributed by atoms with Crippen LogP contribution in [0.25, 0.3) is 0 Å². The predicted octanol–water partition coefficient (Wildman–Crippen LogP) is 16.4. The minimum Gasteiger partial charge on any atom is -0.299 e. The van der Waals surface area contributed by atoms with Crippen molar-refractivity contribution in [2.24, 2.45) is 81.8 Å². The van der Waals surface area contributed by atoms with Crippen LogP contribution in [0.15, 0.2) is 0 Å². The van der Waals surface area contributed by atoms with Gasteiger partial charge in [-0.15, -0.1) is 0 Å². The molecule has 5 saturated carbocycles. The number of unbranched alkanes of at least 4 members (excludes halogenated alkanes) is 18. The molecule has 2 heteroatoms. The summed E-state index contributed by atoms with van der Waals surface area (Å²) in [6, 6.07) is 0. The topological polar surface area (TPSA) is 34.1 Å². The highest BCUT2D eigenvalue weighted by Crippen LogP contribution is 2.68. The molecule has 0 N–H and O–H groups in total. The number of fused-ring (bicyclic) bond motifs is 6. The molecule has 5 rings (SSSR count). The van der Waals surface area contributed by atoms with Crippen molar-refractivity contribution in [1.82, 2.24) is 0 Å². The first-order chi connectivity index (χ1) is 27.0. The highest BCUT2D eigenvalue weighted by molar-refractivity contribution is 5.90. The Morgan fingerprint density at radius 2 is 0.732 bits per heavy atom. The summed E-state index contributed by atoms with van der Waals surface area (Å²) in [6.45, 7) is 19.3. The van der Waals surface area contributed by atoms with E-state index in [0.717, 1.165) is 12.8 Å². The van der Waals surface area contributed by atoms with Crippen molar-refractivity contribution in [1.29, 1.82) is 0 Å². The van der Waals surface area contributed by atoms with E-state index in [1.165, 1.54) is 180 Å². The van der Waals surface area contributed by atoms with E-state index in [0.29, 0.717) is 69.7 Å². The van der Waals surface area contributed by atoms with E-state index in [2.05, 4.69) is 55.4 Å². The molecule has 0 spiro atoms. The summed E-state index contributed by atoms with van der Waals surface area (Å²) in [6.07, 6.45) is 39.6. The molecule has 0 amide bonds. The zero-order valence-electron chi connectivity index (χ0n) is 39.0. The van der Waals surface area contributed by atoms with Gasteiger partial charge in [-0.05, 0) is 110 Å². The van der Waals surface area contributed by atoms with E-state index in [4.69, 9.17) is 0 Å². The van der Waals surface area contributed by atoms with Crippen molar-refractivity contribution < 1.29 is 9.59 Å². The first-order valence-corrected chi connectivity index (χ1v) is 26.1. The molecule has 0 saturated heterocycles. The van der Waals surface area contributed by atoms with Gasteiger partial charge >= 0.3 is 0 Å². The summed E-state index contributed by atoms with van der Waals surface area (Å²) in [5, 5.41) is 0. The molecule has 5 aliphatic carbocycles. The van der Waals surface area contributed by atoms with Crippen LogP contribution in [0.5, 0.6) is 0 Å². The molecule has 0 bridgehead atoms. The molecule has 12 atom stereocenters. The van der Waals surface area contributed by atoms with E-state index in [1.807, 2.05) is 0 Å². The lowest BCUT2D eigenvalue weighted by molar-refractivity contribution is -0.136. The second-order valence-corrected chi connectivity index (χ2v) is 22.5. The summed E-state index contributed by atoms with van der Waals surface area (Å²) in [7, 11) is 0. The van der Waals surface area contributed by atoms with Gasteiger partial charge < -0.3 is 0 Å². The highest BCUT2D eigenvalue weighted by atomic mass is 16.1. The summed E-state index contributed by atoms with van der Waals surface area (Å²) in [5.74, 6) is 6.77. The van der Waals surface area contributed by atoms with Crippen LogP contribution in [0.3, 0.4) is 0 Å². The molecule has 12 unspecified atom stereocenters. The molecule has 0 aromatic rings. The van der Waals surface area contributed by atoms with Crippen molar-refractivity contribution in [2.45, 2.75) is 248 Å². The standard InChI is InChI=1S/C54H96O2/c1-9-13-15-17-19-21-23-25-27-29-31-43-47-41-35-33-39(53(5,6)11-3)37-45(41)52(56)50(47)44(32-30-28-26-24-22-20-18-16-14-10-2)48-42-36-34-40(54(7,8)12-4)38-46(42)51(55)49(43)48/h39-50H,9-38H2,1-8H3. The zero-order chi connectivity index (χ0) is 40.3. The molecule has 5 fully saturated rings. The molecule has 56 heavy (non-hydrogen) atoms. The van der Waals surface area contributed by atoms with Crippen molar-refractivity contribution >= 4 is 11.6 Å². The lowest BCUT2D eigenvalue weighted by atomic mass is 9.52. The molecule has 0 aromatic carbocycles. The van der Waals surface area contributed by atoms with Crippen LogP contribution < -0.4 is 0 Å². The Bertz CT molecular complexity index is 1070. The van der Waals surface area contributed by atoms with E-state index in [1.54, 1.807) is 0 Å². The highest BCUT2D eigenvalue weighted by Gasteiger charge is 2.68. The van der Waals surface area contributed by atoms with Gasteiger partial charge in [0.1, 0.15) is 11.6 Å². The Balaban J connectivity index is 1.35. The third kappa shape index (κ3) is 11.0. The van der Waals surface area contributed by atoms with E-state index >= 15 is 9.59 Å². The molecule has 0 radical (unpaired) electrons. The number of carbonyl (C=O) groups excluding carboxylic acids is 2. The Morgan fingerprint density at radius 1 is 0.429 bits per heavy atom. The van der Waals surface area contributed by atoms with Gasteiger partial charge in [-0.25, -0.2) is 0 Å². The lowest BCUT2D eigenvalue weighted by Gasteiger charge is -2.51. The van der Waals surface area contributed by atoms with E-state index in [9.17, 15) is 0 Å². The number of hydrogen-bond donors (Lipinski definition) is 0. The van der Waals surface area contributed by atoms with Crippen molar-refractivity contribution in [2.75, 3.05) is 0 Å². The normalized spacial score (nSPS) is 34.4. The zero-order valence-corrected chi connectivity index (χ0v) is 39.0. The number of carbonyl (C=O) groups is 2. The number of ketones is 2. The Morgan fingerprint density at radius 3 is 1.04 bits per heavy atom. The average molecular weight is 777 g/mol. The fourth-order valence-corrected chi connectivity index (χ4v) is 14.5. The van der Waals surface area contributed by atoms with Gasteiger partial charge in [0, 0.05) is 23.7 Å². The van der Waals surface area contributed by atoms with Crippen molar-refractivity contribution in [3.05, 3.63) is 0 Å². The van der Waals surface area contributed by atoms with E-state index < -0.39 is 0 Å². The molecule has 5 aliphatic rings. The average Bonchev–Trinajstić information content (AvgIpc) is 3.66. The summed E-state index contributed by atoms with van der Waals surface area (Å²) in [4.78, 5) is 30.6. The van der Waals surface area contributed by atoms with Gasteiger partial charge in [0.05, 0.1) is 0 Å². The van der Waals surface area contributed by atoms with Crippen LogP contribution in [0.2, 0.25) is 0 Å². The second-order valence-electron chi connectivity index (χ2n) is 22.5. The second kappa shape index (κ2) is 22.3. The molecule has 2 nitrogen and oxygen atoms in total. The van der Waals surface area contributed by atoms with Gasteiger partial charge in [-0.1, -0.05) is 197 Å². The monoisotopic (exact) mass is 777 g/mol. The van der Waals surface area contributed by atoms with Crippen LogP contribution in [0, 0.1) is 81.8 Å². The SMILES string of the molecule is CCCCCCCCCCCCC1C2C(=O)C3CC(C(C)(C)CC)CCC3C2C(CCCCCCCCCCCC)C2C(=O)C3CC(C(C)(C)CC)CCC3C12. The fourth-order valence-electron chi connectivity index (χ4n) is 14.5.